The Hall–Kier alpha value is -3.81. The molecule has 0 bridgehead atoms. The van der Waals surface area contributed by atoms with Gasteiger partial charge >= 0.3 is 12.1 Å². The minimum absolute atomic E-state index is 0.0761. The van der Waals surface area contributed by atoms with Gasteiger partial charge in [-0.05, 0) is 65.4 Å². The lowest BCUT2D eigenvalue weighted by Gasteiger charge is -2.20. The molecule has 2 aliphatic rings. The van der Waals surface area contributed by atoms with E-state index in [2.05, 4.69) is 5.32 Å². The predicted octanol–water partition coefficient (Wildman–Crippen LogP) is 5.12. The van der Waals surface area contributed by atoms with E-state index in [0.29, 0.717) is 17.7 Å². The van der Waals surface area contributed by atoms with Crippen molar-refractivity contribution in [2.75, 3.05) is 0 Å². The second kappa shape index (κ2) is 8.76. The van der Waals surface area contributed by atoms with Gasteiger partial charge in [0.15, 0.2) is 0 Å². The number of benzene rings is 3. The van der Waals surface area contributed by atoms with Gasteiger partial charge in [-0.2, -0.15) is 13.2 Å². The number of carbonyl (C=O) groups is 2. The summed E-state index contributed by atoms with van der Waals surface area (Å²) in [6.07, 6.45) is -3.97. The fourth-order valence-corrected chi connectivity index (χ4v) is 5.21. The van der Waals surface area contributed by atoms with Crippen LogP contribution in [-0.4, -0.2) is 23.0 Å². The van der Waals surface area contributed by atoms with Gasteiger partial charge in [0.05, 0.1) is 17.9 Å². The lowest BCUT2D eigenvalue weighted by molar-refractivity contribution is -0.138. The van der Waals surface area contributed by atoms with Crippen LogP contribution < -0.4 is 10.1 Å². The molecule has 1 fully saturated rings. The van der Waals surface area contributed by atoms with Crippen molar-refractivity contribution < 1.29 is 32.6 Å². The molecular formula is C27H22F3NO4. The number of ether oxygens (including phenoxy) is 1. The first-order valence-electron chi connectivity index (χ1n) is 11.3. The largest absolute Gasteiger partial charge is 0.481 e. The van der Waals surface area contributed by atoms with Gasteiger partial charge in [-0.3, -0.25) is 9.59 Å². The Balaban J connectivity index is 1.49. The van der Waals surface area contributed by atoms with E-state index >= 15 is 0 Å². The van der Waals surface area contributed by atoms with E-state index < -0.39 is 23.6 Å². The Morgan fingerprint density at radius 2 is 1.86 bits per heavy atom. The molecule has 2 N–H and O–H groups in total. The van der Waals surface area contributed by atoms with Crippen LogP contribution in [-0.2, 0) is 35.0 Å². The molecule has 0 aromatic heterocycles. The van der Waals surface area contributed by atoms with Crippen LogP contribution in [0.2, 0.25) is 0 Å². The van der Waals surface area contributed by atoms with Crippen LogP contribution in [0, 0.1) is 5.92 Å². The van der Waals surface area contributed by atoms with Crippen LogP contribution in [0.25, 0.3) is 0 Å². The topological polar surface area (TPSA) is 75.6 Å². The quantitative estimate of drug-likeness (QED) is 0.513. The second-order valence-electron chi connectivity index (χ2n) is 8.99. The summed E-state index contributed by atoms with van der Waals surface area (Å²) in [5.41, 5.74) is 2.15. The number of halogens is 3. The van der Waals surface area contributed by atoms with E-state index in [1.807, 2.05) is 24.3 Å². The molecule has 5 nitrogen and oxygen atoms in total. The Morgan fingerprint density at radius 3 is 2.63 bits per heavy atom. The first-order chi connectivity index (χ1) is 16.7. The van der Waals surface area contributed by atoms with Crippen molar-refractivity contribution in [3.8, 4) is 11.5 Å². The van der Waals surface area contributed by atoms with E-state index in [0.717, 1.165) is 23.3 Å². The van der Waals surface area contributed by atoms with E-state index in [4.69, 9.17) is 9.84 Å². The van der Waals surface area contributed by atoms with Crippen LogP contribution >= 0.6 is 0 Å². The molecule has 5 rings (SSSR count). The number of nitrogens with one attached hydrogen (secondary N) is 1. The lowest BCUT2D eigenvalue weighted by atomic mass is 9.83. The number of aliphatic carboxylic acids is 1. The summed E-state index contributed by atoms with van der Waals surface area (Å²) < 4.78 is 46.5. The number of alkyl halides is 3. The van der Waals surface area contributed by atoms with Crippen LogP contribution in [0.1, 0.15) is 33.7 Å². The summed E-state index contributed by atoms with van der Waals surface area (Å²) in [6, 6.07) is 17.4. The van der Waals surface area contributed by atoms with Gasteiger partial charge in [-0.1, -0.05) is 36.4 Å². The zero-order valence-corrected chi connectivity index (χ0v) is 18.5. The monoisotopic (exact) mass is 481 g/mol. The molecule has 1 unspecified atom stereocenters. The molecule has 1 aliphatic carbocycles. The molecule has 35 heavy (non-hydrogen) atoms. The number of carboxylic acid groups (broad SMARTS) is 1. The zero-order chi connectivity index (χ0) is 24.7. The summed E-state index contributed by atoms with van der Waals surface area (Å²) in [5, 5.41) is 12.1. The molecule has 1 heterocycles. The molecular weight excluding hydrogens is 459 g/mol. The van der Waals surface area contributed by atoms with E-state index in [1.54, 1.807) is 24.3 Å². The van der Waals surface area contributed by atoms with Crippen LogP contribution in [0.4, 0.5) is 13.2 Å². The predicted molar refractivity (Wildman–Crippen MR) is 121 cm³/mol. The summed E-state index contributed by atoms with van der Waals surface area (Å²) in [4.78, 5) is 23.9. The molecule has 3 atom stereocenters. The van der Waals surface area contributed by atoms with Crippen LogP contribution in [0.5, 0.6) is 11.5 Å². The lowest BCUT2D eigenvalue weighted by Crippen LogP contribution is -2.27. The summed E-state index contributed by atoms with van der Waals surface area (Å²) in [7, 11) is 0. The fourth-order valence-electron chi connectivity index (χ4n) is 5.21. The highest BCUT2D eigenvalue weighted by Gasteiger charge is 2.47. The van der Waals surface area contributed by atoms with Gasteiger partial charge in [0.2, 0.25) is 5.91 Å². The highest BCUT2D eigenvalue weighted by Crippen LogP contribution is 2.45. The average molecular weight is 481 g/mol. The molecule has 8 heteroatoms. The number of carboxylic acids is 1. The maximum atomic E-state index is 13.5. The third-order valence-corrected chi connectivity index (χ3v) is 6.69. The molecule has 3 aromatic carbocycles. The smallest absolute Gasteiger partial charge is 0.416 e. The SMILES string of the molecule is O=C(O)Cc1cccc(Oc2ccc(C(F)(F)F)cc2CC2C(=O)N[C@@H]3Cc4ccccc4[C@H]23)c1. The minimum atomic E-state index is -4.55. The molecule has 1 aliphatic heterocycles. The van der Waals surface area contributed by atoms with Gasteiger partial charge in [0.1, 0.15) is 11.5 Å². The van der Waals surface area contributed by atoms with Crippen LogP contribution in [0.3, 0.4) is 0 Å². The van der Waals surface area contributed by atoms with Crippen molar-refractivity contribution in [1.29, 1.82) is 0 Å². The number of carbonyl (C=O) groups excluding carboxylic acids is 1. The van der Waals surface area contributed by atoms with Crippen molar-refractivity contribution >= 4 is 11.9 Å². The molecule has 0 saturated carbocycles. The van der Waals surface area contributed by atoms with Crippen molar-refractivity contribution in [2.45, 2.75) is 37.4 Å². The number of hydrogen-bond donors (Lipinski definition) is 2. The second-order valence-corrected chi connectivity index (χ2v) is 8.99. The van der Waals surface area contributed by atoms with E-state index in [1.165, 1.54) is 6.07 Å². The highest BCUT2D eigenvalue weighted by molar-refractivity contribution is 5.84. The van der Waals surface area contributed by atoms with Crippen molar-refractivity contribution in [2.24, 2.45) is 5.92 Å². The van der Waals surface area contributed by atoms with Crippen molar-refractivity contribution in [3.05, 3.63) is 94.5 Å². The van der Waals surface area contributed by atoms with E-state index in [-0.39, 0.29) is 42.0 Å². The first kappa shape index (κ1) is 23.0. The minimum Gasteiger partial charge on any atom is -0.481 e. The molecule has 180 valence electrons. The molecule has 1 saturated heterocycles. The van der Waals surface area contributed by atoms with Crippen molar-refractivity contribution in [1.82, 2.24) is 5.32 Å². The summed E-state index contributed by atoms with van der Waals surface area (Å²) >= 11 is 0. The Morgan fingerprint density at radius 1 is 1.06 bits per heavy atom. The third-order valence-electron chi connectivity index (χ3n) is 6.69. The Labute approximate surface area is 199 Å². The molecule has 1 amide bonds. The number of hydrogen-bond acceptors (Lipinski definition) is 3. The molecule has 3 aromatic rings. The highest BCUT2D eigenvalue weighted by atomic mass is 19.4. The zero-order valence-electron chi connectivity index (χ0n) is 18.5. The average Bonchev–Trinajstić information content (AvgIpc) is 3.29. The standard InChI is InChI=1S/C27H22F3NO4/c28-27(29,30)18-8-9-23(35-19-6-3-4-15(10-19)11-24(32)33)17(12-18)13-21-25-20-7-2-1-5-16(20)14-22(25)31-26(21)34/h1-10,12,21-22,25H,11,13-14H2,(H,31,34)(H,32,33)/t21?,22-,25-/m1/s1. The van der Waals surface area contributed by atoms with Gasteiger partial charge in [0.25, 0.3) is 0 Å². The normalized spacial score (nSPS) is 20.8. The first-order valence-corrected chi connectivity index (χ1v) is 11.3. The fraction of sp³-hybridized carbons (Fsp3) is 0.259. The van der Waals surface area contributed by atoms with Gasteiger partial charge in [-0.25, -0.2) is 0 Å². The summed E-state index contributed by atoms with van der Waals surface area (Å²) in [6.45, 7) is 0. The maximum absolute atomic E-state index is 13.5. The molecule has 0 spiro atoms. The third kappa shape index (κ3) is 4.60. The van der Waals surface area contributed by atoms with Crippen molar-refractivity contribution in [3.63, 3.8) is 0 Å². The van der Waals surface area contributed by atoms with E-state index in [9.17, 15) is 22.8 Å². The number of fused-ring (bicyclic) bond motifs is 3. The Kier molecular flexibility index (Phi) is 5.75. The molecule has 0 radical (unpaired) electrons. The summed E-state index contributed by atoms with van der Waals surface area (Å²) in [5.74, 6) is -1.33. The Bertz CT molecular complexity index is 1300. The maximum Gasteiger partial charge on any atom is 0.416 e. The van der Waals surface area contributed by atoms with Crippen LogP contribution in [0.15, 0.2) is 66.7 Å². The number of amides is 1. The van der Waals surface area contributed by atoms with Gasteiger partial charge < -0.3 is 15.2 Å². The van der Waals surface area contributed by atoms with Gasteiger partial charge in [0, 0.05) is 12.0 Å². The van der Waals surface area contributed by atoms with Gasteiger partial charge in [-0.15, -0.1) is 0 Å². The number of rotatable bonds is 6.